The van der Waals surface area contributed by atoms with Crippen LogP contribution in [0.4, 0.5) is 0 Å². The van der Waals surface area contributed by atoms with Gasteiger partial charge in [-0.3, -0.25) is 4.79 Å². The van der Waals surface area contributed by atoms with Gasteiger partial charge in [0.1, 0.15) is 17.2 Å². The summed E-state index contributed by atoms with van der Waals surface area (Å²) in [4.78, 5) is 12.0. The van der Waals surface area contributed by atoms with Crippen LogP contribution >= 0.6 is 0 Å². The van der Waals surface area contributed by atoms with E-state index >= 15 is 0 Å². The molecule has 0 aliphatic heterocycles. The van der Waals surface area contributed by atoms with Gasteiger partial charge in [0.05, 0.1) is 26.4 Å². The van der Waals surface area contributed by atoms with E-state index in [-0.39, 0.29) is 18.1 Å². The Balaban J connectivity index is 2.05. The quantitative estimate of drug-likeness (QED) is 0.631. The lowest BCUT2D eigenvalue weighted by Crippen LogP contribution is -2.21. The average Bonchev–Trinajstić information content (AvgIpc) is 2.59. The molecule has 0 bridgehead atoms. The molecule has 0 saturated carbocycles. The van der Waals surface area contributed by atoms with Crippen molar-refractivity contribution in [3.05, 3.63) is 53.6 Å². The van der Waals surface area contributed by atoms with Crippen molar-refractivity contribution in [1.29, 1.82) is 0 Å². The van der Waals surface area contributed by atoms with Crippen LogP contribution in [-0.2, 0) is 11.2 Å². The third-order valence-electron chi connectivity index (χ3n) is 3.42. The number of nitrogens with zero attached hydrogens (tertiary/aromatic N) is 1. The molecule has 0 aromatic heterocycles. The molecule has 6 heteroatoms. The van der Waals surface area contributed by atoms with Crippen LogP contribution in [0.25, 0.3) is 0 Å². The molecule has 0 aliphatic carbocycles. The Bertz CT molecular complexity index is 756. The zero-order valence-corrected chi connectivity index (χ0v) is 13.9. The van der Waals surface area contributed by atoms with Gasteiger partial charge in [0.2, 0.25) is 5.91 Å². The van der Waals surface area contributed by atoms with E-state index < -0.39 is 0 Å². The number of carbonyl (C=O) groups excluding carboxylic acids is 1. The monoisotopic (exact) mass is 328 g/mol. The number of phenols is 1. The van der Waals surface area contributed by atoms with Crippen molar-refractivity contribution in [3.63, 3.8) is 0 Å². The minimum absolute atomic E-state index is 0.102. The first-order chi connectivity index (χ1) is 11.5. The molecule has 0 unspecified atom stereocenters. The van der Waals surface area contributed by atoms with E-state index in [1.54, 1.807) is 26.2 Å². The number of aromatic hydroxyl groups is 1. The van der Waals surface area contributed by atoms with Crippen LogP contribution in [-0.4, -0.2) is 30.9 Å². The molecule has 2 N–H and O–H groups in total. The number of benzene rings is 2. The summed E-state index contributed by atoms with van der Waals surface area (Å²) in [6, 6.07) is 12.0. The number of ether oxygens (including phenoxy) is 2. The molecular formula is C18H20N2O4. The predicted octanol–water partition coefficient (Wildman–Crippen LogP) is 2.49. The van der Waals surface area contributed by atoms with Gasteiger partial charge in [0, 0.05) is 11.6 Å². The molecule has 24 heavy (non-hydrogen) atoms. The Morgan fingerprint density at radius 1 is 1.17 bits per heavy atom. The lowest BCUT2D eigenvalue weighted by Gasteiger charge is -2.09. The van der Waals surface area contributed by atoms with Crippen molar-refractivity contribution < 1.29 is 19.4 Å². The van der Waals surface area contributed by atoms with Crippen LogP contribution in [0.3, 0.4) is 0 Å². The minimum Gasteiger partial charge on any atom is -0.508 e. The number of carbonyl (C=O) groups is 1. The van der Waals surface area contributed by atoms with Gasteiger partial charge >= 0.3 is 0 Å². The maximum Gasteiger partial charge on any atom is 0.244 e. The number of hydrogen-bond donors (Lipinski definition) is 2. The summed E-state index contributed by atoms with van der Waals surface area (Å²) in [5.74, 6) is 1.05. The predicted molar refractivity (Wildman–Crippen MR) is 91.7 cm³/mol. The maximum atomic E-state index is 12.0. The van der Waals surface area contributed by atoms with Crippen molar-refractivity contribution in [1.82, 2.24) is 5.43 Å². The molecule has 0 spiro atoms. The van der Waals surface area contributed by atoms with E-state index in [0.29, 0.717) is 22.8 Å². The van der Waals surface area contributed by atoms with Crippen LogP contribution in [0.1, 0.15) is 18.1 Å². The SMILES string of the molecule is COc1cccc(CC(=O)N/N=C(\C)c2ccc(O)cc2OC)c1. The van der Waals surface area contributed by atoms with Crippen LogP contribution in [0, 0.1) is 0 Å². The molecule has 0 radical (unpaired) electrons. The Morgan fingerprint density at radius 2 is 1.96 bits per heavy atom. The standard InChI is InChI=1S/C18H20N2O4/c1-12(16-8-7-14(21)11-17(16)24-3)19-20-18(22)10-13-5-4-6-15(9-13)23-2/h4-9,11,21H,10H2,1-3H3,(H,20,22)/b19-12+. The second-order valence-electron chi connectivity index (χ2n) is 5.15. The summed E-state index contributed by atoms with van der Waals surface area (Å²) in [5.41, 5.74) is 4.62. The molecule has 2 aromatic rings. The smallest absolute Gasteiger partial charge is 0.244 e. The number of hydrazone groups is 1. The number of amides is 1. The molecule has 0 atom stereocenters. The number of phenolic OH excluding ortho intramolecular Hbond substituents is 1. The van der Waals surface area contributed by atoms with Gasteiger partial charge in [0.15, 0.2) is 0 Å². The van der Waals surface area contributed by atoms with E-state index in [1.807, 2.05) is 18.2 Å². The van der Waals surface area contributed by atoms with E-state index in [2.05, 4.69) is 10.5 Å². The van der Waals surface area contributed by atoms with Crippen molar-refractivity contribution in [3.8, 4) is 17.2 Å². The summed E-state index contributed by atoms with van der Waals surface area (Å²) in [6.45, 7) is 1.75. The van der Waals surface area contributed by atoms with Crippen LogP contribution < -0.4 is 14.9 Å². The van der Waals surface area contributed by atoms with Gasteiger partial charge in [-0.25, -0.2) is 5.43 Å². The fraction of sp³-hybridized carbons (Fsp3) is 0.222. The van der Waals surface area contributed by atoms with E-state index in [4.69, 9.17) is 9.47 Å². The van der Waals surface area contributed by atoms with Crippen molar-refractivity contribution in [2.75, 3.05) is 14.2 Å². The van der Waals surface area contributed by atoms with Crippen molar-refractivity contribution in [2.24, 2.45) is 5.10 Å². The molecule has 0 saturated heterocycles. The minimum atomic E-state index is -0.236. The topological polar surface area (TPSA) is 80.2 Å². The number of methoxy groups -OCH3 is 2. The lowest BCUT2D eigenvalue weighted by molar-refractivity contribution is -0.120. The van der Waals surface area contributed by atoms with Crippen LogP contribution in [0.15, 0.2) is 47.6 Å². The third-order valence-corrected chi connectivity index (χ3v) is 3.42. The zero-order valence-electron chi connectivity index (χ0n) is 13.9. The summed E-state index contributed by atoms with van der Waals surface area (Å²) >= 11 is 0. The normalized spacial score (nSPS) is 11.0. The first-order valence-corrected chi connectivity index (χ1v) is 7.37. The molecular weight excluding hydrogens is 308 g/mol. The van der Waals surface area contributed by atoms with Gasteiger partial charge in [0.25, 0.3) is 0 Å². The second-order valence-corrected chi connectivity index (χ2v) is 5.15. The molecule has 0 aliphatic rings. The van der Waals surface area contributed by atoms with Crippen LogP contribution in [0.2, 0.25) is 0 Å². The highest BCUT2D eigenvalue weighted by molar-refractivity contribution is 6.01. The summed E-state index contributed by atoms with van der Waals surface area (Å²) in [5, 5.41) is 13.6. The Hall–Kier alpha value is -3.02. The fourth-order valence-electron chi connectivity index (χ4n) is 2.19. The van der Waals surface area contributed by atoms with Gasteiger partial charge < -0.3 is 14.6 Å². The molecule has 1 amide bonds. The molecule has 2 aromatic carbocycles. The average molecular weight is 328 g/mol. The fourth-order valence-corrected chi connectivity index (χ4v) is 2.19. The number of rotatable bonds is 6. The van der Waals surface area contributed by atoms with Gasteiger partial charge in [-0.05, 0) is 36.8 Å². The van der Waals surface area contributed by atoms with Crippen molar-refractivity contribution in [2.45, 2.75) is 13.3 Å². The molecule has 126 valence electrons. The second kappa shape index (κ2) is 8.01. The highest BCUT2D eigenvalue weighted by Gasteiger charge is 2.09. The summed E-state index contributed by atoms with van der Waals surface area (Å²) in [6.07, 6.45) is 0.195. The zero-order chi connectivity index (χ0) is 17.5. The van der Waals surface area contributed by atoms with E-state index in [9.17, 15) is 9.90 Å². The van der Waals surface area contributed by atoms with Gasteiger partial charge in [-0.2, -0.15) is 5.10 Å². The Kier molecular flexibility index (Phi) is 5.78. The van der Waals surface area contributed by atoms with Gasteiger partial charge in [-0.15, -0.1) is 0 Å². The van der Waals surface area contributed by atoms with Crippen molar-refractivity contribution >= 4 is 11.6 Å². The largest absolute Gasteiger partial charge is 0.508 e. The molecule has 6 nitrogen and oxygen atoms in total. The molecule has 0 fully saturated rings. The first-order valence-electron chi connectivity index (χ1n) is 7.37. The highest BCUT2D eigenvalue weighted by Crippen LogP contribution is 2.24. The summed E-state index contributed by atoms with van der Waals surface area (Å²) < 4.78 is 10.3. The molecule has 0 heterocycles. The Labute approximate surface area is 140 Å². The molecule has 2 rings (SSSR count). The number of nitrogens with one attached hydrogen (secondary N) is 1. The first kappa shape index (κ1) is 17.3. The number of hydrogen-bond acceptors (Lipinski definition) is 5. The third kappa shape index (κ3) is 4.49. The van der Waals surface area contributed by atoms with Gasteiger partial charge in [-0.1, -0.05) is 12.1 Å². The maximum absolute atomic E-state index is 12.0. The summed E-state index contributed by atoms with van der Waals surface area (Å²) in [7, 11) is 3.09. The van der Waals surface area contributed by atoms with E-state index in [0.717, 1.165) is 5.56 Å². The highest BCUT2D eigenvalue weighted by atomic mass is 16.5. The Morgan fingerprint density at radius 3 is 2.67 bits per heavy atom. The van der Waals surface area contributed by atoms with Crippen LogP contribution in [0.5, 0.6) is 17.2 Å². The lowest BCUT2D eigenvalue weighted by atomic mass is 10.1. The van der Waals surface area contributed by atoms with E-state index in [1.165, 1.54) is 19.2 Å².